The number of hydrogen-bond acceptors (Lipinski definition) is 4. The van der Waals surface area contributed by atoms with Gasteiger partial charge in [-0.1, -0.05) is 0 Å². The van der Waals surface area contributed by atoms with E-state index in [0.29, 0.717) is 18.8 Å². The molecule has 1 atom stereocenters. The second-order valence-corrected chi connectivity index (χ2v) is 6.20. The summed E-state index contributed by atoms with van der Waals surface area (Å²) in [6.45, 7) is 11.2. The van der Waals surface area contributed by atoms with E-state index < -0.39 is 0 Å². The van der Waals surface area contributed by atoms with Crippen molar-refractivity contribution in [3.63, 3.8) is 0 Å². The van der Waals surface area contributed by atoms with Crippen LogP contribution in [0.2, 0.25) is 0 Å². The van der Waals surface area contributed by atoms with Gasteiger partial charge in [0.25, 0.3) is 0 Å². The summed E-state index contributed by atoms with van der Waals surface area (Å²) in [4.78, 5) is 14.3. The minimum absolute atomic E-state index is 0.0493. The Morgan fingerprint density at radius 1 is 1.50 bits per heavy atom. The van der Waals surface area contributed by atoms with Gasteiger partial charge in [-0.2, -0.15) is 5.10 Å². The van der Waals surface area contributed by atoms with Crippen LogP contribution in [0.4, 0.5) is 5.69 Å². The molecule has 1 unspecified atom stereocenters. The maximum Gasteiger partial charge on any atom is 0.244 e. The molecular formula is C14H24N4O2. The Bertz CT molecular complexity index is 521. The second kappa shape index (κ2) is 5.09. The third kappa shape index (κ3) is 2.95. The molecule has 2 heterocycles. The Kier molecular flexibility index (Phi) is 3.77. The Labute approximate surface area is 119 Å². The highest BCUT2D eigenvalue weighted by Crippen LogP contribution is 2.21. The Hall–Kier alpha value is -1.56. The fourth-order valence-corrected chi connectivity index (χ4v) is 2.74. The van der Waals surface area contributed by atoms with Gasteiger partial charge in [0.1, 0.15) is 6.54 Å². The zero-order valence-corrected chi connectivity index (χ0v) is 12.9. The molecule has 0 aliphatic carbocycles. The molecule has 1 amide bonds. The number of carbonyl (C=O) groups is 1. The smallest absolute Gasteiger partial charge is 0.244 e. The van der Waals surface area contributed by atoms with Gasteiger partial charge in [0.2, 0.25) is 5.91 Å². The van der Waals surface area contributed by atoms with Crippen LogP contribution in [0.25, 0.3) is 0 Å². The van der Waals surface area contributed by atoms with Crippen molar-refractivity contribution in [1.82, 2.24) is 14.7 Å². The van der Waals surface area contributed by atoms with Gasteiger partial charge in [0.15, 0.2) is 0 Å². The zero-order chi connectivity index (χ0) is 15.1. The van der Waals surface area contributed by atoms with E-state index in [-0.39, 0.29) is 24.2 Å². The number of aryl methyl sites for hydroxylation is 1. The van der Waals surface area contributed by atoms with E-state index in [2.05, 4.69) is 5.10 Å². The molecule has 0 bridgehead atoms. The zero-order valence-electron chi connectivity index (χ0n) is 12.9. The van der Waals surface area contributed by atoms with Crippen molar-refractivity contribution in [1.29, 1.82) is 0 Å². The van der Waals surface area contributed by atoms with E-state index in [1.807, 2.05) is 39.5 Å². The number of morpholine rings is 1. The maximum absolute atomic E-state index is 12.4. The predicted octanol–water partition coefficient (Wildman–Crippen LogP) is 1.11. The lowest BCUT2D eigenvalue weighted by molar-refractivity contribution is -0.158. The first-order chi connectivity index (χ1) is 9.19. The molecule has 2 N–H and O–H groups in total. The standard InChI is InChI=1S/C14H24N4O2/c1-9-6-17(8-14(4,5)20-9)12(19)7-18-11(3)13(15)10(2)16-18/h9H,6-8,15H2,1-5H3. The monoisotopic (exact) mass is 280 g/mol. The molecule has 0 spiro atoms. The van der Waals surface area contributed by atoms with Crippen LogP contribution < -0.4 is 5.73 Å². The van der Waals surface area contributed by atoms with Crippen molar-refractivity contribution in [3.05, 3.63) is 11.4 Å². The number of rotatable bonds is 2. The van der Waals surface area contributed by atoms with Crippen LogP contribution in [0.5, 0.6) is 0 Å². The van der Waals surface area contributed by atoms with Crippen molar-refractivity contribution in [2.24, 2.45) is 0 Å². The number of amides is 1. The summed E-state index contributed by atoms with van der Waals surface area (Å²) in [6, 6.07) is 0. The molecule has 0 radical (unpaired) electrons. The lowest BCUT2D eigenvalue weighted by Crippen LogP contribution is -2.54. The molecule has 0 aromatic carbocycles. The first-order valence-electron chi connectivity index (χ1n) is 6.94. The molecule has 1 aromatic heterocycles. The summed E-state index contributed by atoms with van der Waals surface area (Å²) >= 11 is 0. The summed E-state index contributed by atoms with van der Waals surface area (Å²) in [5.74, 6) is 0.0545. The summed E-state index contributed by atoms with van der Waals surface area (Å²) in [6.07, 6.45) is 0.0493. The van der Waals surface area contributed by atoms with Crippen molar-refractivity contribution in [2.45, 2.75) is 52.9 Å². The molecular weight excluding hydrogens is 256 g/mol. The quantitative estimate of drug-likeness (QED) is 0.880. The van der Waals surface area contributed by atoms with Gasteiger partial charge < -0.3 is 15.4 Å². The number of aromatic nitrogens is 2. The van der Waals surface area contributed by atoms with Gasteiger partial charge in [-0.25, -0.2) is 0 Å². The van der Waals surface area contributed by atoms with E-state index in [4.69, 9.17) is 10.5 Å². The minimum Gasteiger partial charge on any atom is -0.396 e. The van der Waals surface area contributed by atoms with Gasteiger partial charge in [-0.15, -0.1) is 0 Å². The SMILES string of the molecule is Cc1nn(CC(=O)N2CC(C)OC(C)(C)C2)c(C)c1N. The highest BCUT2D eigenvalue weighted by Gasteiger charge is 2.33. The van der Waals surface area contributed by atoms with Crippen LogP contribution >= 0.6 is 0 Å². The number of nitrogens with zero attached hydrogens (tertiary/aromatic N) is 3. The molecule has 2 rings (SSSR count). The fourth-order valence-electron chi connectivity index (χ4n) is 2.74. The highest BCUT2D eigenvalue weighted by atomic mass is 16.5. The second-order valence-electron chi connectivity index (χ2n) is 6.20. The van der Waals surface area contributed by atoms with Crippen molar-refractivity contribution in [2.75, 3.05) is 18.8 Å². The topological polar surface area (TPSA) is 73.4 Å². The van der Waals surface area contributed by atoms with E-state index in [1.165, 1.54) is 0 Å². The third-order valence-electron chi connectivity index (χ3n) is 3.64. The molecule has 1 fully saturated rings. The lowest BCUT2D eigenvalue weighted by atomic mass is 10.1. The third-order valence-corrected chi connectivity index (χ3v) is 3.64. The van der Waals surface area contributed by atoms with Gasteiger partial charge in [-0.3, -0.25) is 9.48 Å². The van der Waals surface area contributed by atoms with E-state index in [0.717, 1.165) is 11.4 Å². The Morgan fingerprint density at radius 2 is 2.15 bits per heavy atom. The average Bonchev–Trinajstić information content (AvgIpc) is 2.54. The molecule has 1 aliphatic heterocycles. The van der Waals surface area contributed by atoms with Crippen LogP contribution in [-0.4, -0.2) is 45.4 Å². The fraction of sp³-hybridized carbons (Fsp3) is 0.714. The van der Waals surface area contributed by atoms with E-state index in [9.17, 15) is 4.79 Å². The van der Waals surface area contributed by atoms with Gasteiger partial charge in [0.05, 0.1) is 28.8 Å². The minimum atomic E-state index is -0.304. The van der Waals surface area contributed by atoms with Crippen molar-refractivity contribution < 1.29 is 9.53 Å². The number of ether oxygens (including phenoxy) is 1. The van der Waals surface area contributed by atoms with Crippen LogP contribution in [-0.2, 0) is 16.1 Å². The number of carbonyl (C=O) groups excluding carboxylic acids is 1. The summed E-state index contributed by atoms with van der Waals surface area (Å²) < 4.78 is 7.50. The number of anilines is 1. The van der Waals surface area contributed by atoms with Gasteiger partial charge in [0, 0.05) is 13.1 Å². The average molecular weight is 280 g/mol. The Balaban J connectivity index is 2.10. The Morgan fingerprint density at radius 3 is 2.65 bits per heavy atom. The van der Waals surface area contributed by atoms with Crippen LogP contribution in [0, 0.1) is 13.8 Å². The number of hydrogen-bond donors (Lipinski definition) is 1. The van der Waals surface area contributed by atoms with Crippen LogP contribution in [0.15, 0.2) is 0 Å². The van der Waals surface area contributed by atoms with Gasteiger partial charge >= 0.3 is 0 Å². The molecule has 1 saturated heterocycles. The highest BCUT2D eigenvalue weighted by molar-refractivity contribution is 5.76. The number of nitrogen functional groups attached to an aromatic ring is 1. The maximum atomic E-state index is 12.4. The first-order valence-corrected chi connectivity index (χ1v) is 6.94. The molecule has 6 nitrogen and oxygen atoms in total. The van der Waals surface area contributed by atoms with E-state index >= 15 is 0 Å². The predicted molar refractivity (Wildman–Crippen MR) is 77.3 cm³/mol. The molecule has 0 saturated carbocycles. The first kappa shape index (κ1) is 14.8. The molecule has 1 aliphatic rings. The van der Waals surface area contributed by atoms with Crippen LogP contribution in [0.1, 0.15) is 32.2 Å². The molecule has 20 heavy (non-hydrogen) atoms. The van der Waals surface area contributed by atoms with E-state index in [1.54, 1.807) is 4.68 Å². The summed E-state index contributed by atoms with van der Waals surface area (Å²) in [5.41, 5.74) is 7.86. The van der Waals surface area contributed by atoms with Crippen molar-refractivity contribution in [3.8, 4) is 0 Å². The van der Waals surface area contributed by atoms with Gasteiger partial charge in [-0.05, 0) is 34.6 Å². The summed E-state index contributed by atoms with van der Waals surface area (Å²) in [7, 11) is 0. The largest absolute Gasteiger partial charge is 0.396 e. The van der Waals surface area contributed by atoms with Crippen molar-refractivity contribution >= 4 is 11.6 Å². The normalized spacial score (nSPS) is 22.1. The lowest BCUT2D eigenvalue weighted by Gasteiger charge is -2.41. The summed E-state index contributed by atoms with van der Waals surface area (Å²) in [5, 5.41) is 4.31. The van der Waals surface area contributed by atoms with Crippen LogP contribution in [0.3, 0.4) is 0 Å². The molecule has 112 valence electrons. The number of nitrogens with two attached hydrogens (primary N) is 1. The molecule has 6 heteroatoms. The molecule has 1 aromatic rings.